The van der Waals surface area contributed by atoms with E-state index in [4.69, 9.17) is 0 Å². The number of likely N-dealkylation sites (tertiary alicyclic amines) is 1. The van der Waals surface area contributed by atoms with E-state index in [-0.39, 0.29) is 11.6 Å². The molecule has 3 aliphatic carbocycles. The summed E-state index contributed by atoms with van der Waals surface area (Å²) in [4.78, 5) is 2.17. The molecule has 4 aliphatic rings. The molecule has 0 atom stereocenters. The van der Waals surface area contributed by atoms with Gasteiger partial charge in [-0.15, -0.1) is 0 Å². The summed E-state index contributed by atoms with van der Waals surface area (Å²) >= 11 is 0. The summed E-state index contributed by atoms with van der Waals surface area (Å²) < 4.78 is 38.0. The smallest absolute Gasteiger partial charge is 0.393 e. The Morgan fingerprint density at radius 1 is 1.06 bits per heavy atom. The zero-order valence-electron chi connectivity index (χ0n) is 9.06. The number of hydrogen-bond donors (Lipinski definition) is 1. The van der Waals surface area contributed by atoms with Gasteiger partial charge in [0.1, 0.15) is 0 Å². The fraction of sp³-hybridized carbons (Fsp3) is 1.00. The molecular weight excluding hydrogens is 219 g/mol. The van der Waals surface area contributed by atoms with Crippen LogP contribution in [0.15, 0.2) is 0 Å². The van der Waals surface area contributed by atoms with Crippen LogP contribution in [0.5, 0.6) is 0 Å². The summed E-state index contributed by atoms with van der Waals surface area (Å²) in [7, 11) is 0. The molecule has 0 aromatic rings. The Labute approximate surface area is 92.4 Å². The van der Waals surface area contributed by atoms with Crippen LogP contribution in [0.25, 0.3) is 0 Å². The zero-order chi connectivity index (χ0) is 11.6. The monoisotopic (exact) mass is 235 g/mol. The minimum Gasteiger partial charge on any atom is -0.393 e. The van der Waals surface area contributed by atoms with E-state index in [0.717, 1.165) is 13.1 Å². The number of nitrogens with zero attached hydrogens (tertiary/aromatic N) is 1. The van der Waals surface area contributed by atoms with Crippen molar-refractivity contribution >= 4 is 0 Å². The normalized spacial score (nSPS) is 45.0. The highest BCUT2D eigenvalue weighted by Gasteiger charge is 2.79. The van der Waals surface area contributed by atoms with Crippen LogP contribution in [0, 0.1) is 5.41 Å². The molecule has 1 heterocycles. The molecule has 1 N–H and O–H groups in total. The van der Waals surface area contributed by atoms with Crippen molar-refractivity contribution in [3.05, 3.63) is 0 Å². The minimum absolute atomic E-state index is 0.157. The Balaban J connectivity index is 1.62. The molecule has 1 saturated heterocycles. The molecule has 2 nitrogen and oxygen atoms in total. The van der Waals surface area contributed by atoms with Gasteiger partial charge >= 0.3 is 6.18 Å². The maximum atomic E-state index is 12.7. The zero-order valence-corrected chi connectivity index (χ0v) is 9.06. The van der Waals surface area contributed by atoms with Gasteiger partial charge in [0, 0.05) is 18.6 Å². The van der Waals surface area contributed by atoms with Gasteiger partial charge in [-0.1, -0.05) is 0 Å². The summed E-state index contributed by atoms with van der Waals surface area (Å²) in [6.07, 6.45) is -1.97. The van der Waals surface area contributed by atoms with Crippen molar-refractivity contribution in [3.8, 4) is 0 Å². The molecular formula is C11H16F3NO. The Morgan fingerprint density at radius 2 is 1.56 bits per heavy atom. The van der Waals surface area contributed by atoms with Crippen molar-refractivity contribution in [2.24, 2.45) is 5.41 Å². The fourth-order valence-electron chi connectivity index (χ4n) is 3.71. The second kappa shape index (κ2) is 2.93. The highest BCUT2D eigenvalue weighted by Crippen LogP contribution is 2.75. The molecule has 1 aliphatic heterocycles. The van der Waals surface area contributed by atoms with Crippen LogP contribution >= 0.6 is 0 Å². The molecule has 3 saturated carbocycles. The molecule has 16 heavy (non-hydrogen) atoms. The van der Waals surface area contributed by atoms with Gasteiger partial charge in [-0.3, -0.25) is 4.90 Å². The number of piperidine rings is 1. The van der Waals surface area contributed by atoms with Crippen molar-refractivity contribution in [1.82, 2.24) is 4.90 Å². The Kier molecular flexibility index (Phi) is 1.99. The predicted octanol–water partition coefficient (Wildman–Crippen LogP) is 1.93. The highest BCUT2D eigenvalue weighted by atomic mass is 19.4. The standard InChI is InChI=1S/C11H16F3NO/c12-11(13,14)9-5-10(6-9,7-9)15-3-1-8(16)2-4-15/h8,16H,1-7H2. The summed E-state index contributed by atoms with van der Waals surface area (Å²) in [6.45, 7) is 1.52. The molecule has 92 valence electrons. The van der Waals surface area contributed by atoms with Gasteiger partial charge in [-0.25, -0.2) is 0 Å². The number of halogens is 3. The van der Waals surface area contributed by atoms with Crippen LogP contribution in [-0.2, 0) is 0 Å². The highest BCUT2D eigenvalue weighted by molar-refractivity contribution is 5.26. The average Bonchev–Trinajstić information content (AvgIpc) is 2.00. The molecule has 0 aromatic carbocycles. The first-order valence-electron chi connectivity index (χ1n) is 5.87. The maximum absolute atomic E-state index is 12.7. The first-order valence-corrected chi connectivity index (χ1v) is 5.87. The van der Waals surface area contributed by atoms with Gasteiger partial charge in [0.15, 0.2) is 0 Å². The molecule has 4 fully saturated rings. The van der Waals surface area contributed by atoms with E-state index < -0.39 is 11.6 Å². The number of aliphatic hydroxyl groups is 1. The average molecular weight is 235 g/mol. The third-order valence-corrected chi connectivity index (χ3v) is 4.74. The topological polar surface area (TPSA) is 23.5 Å². The third-order valence-electron chi connectivity index (χ3n) is 4.74. The summed E-state index contributed by atoms with van der Waals surface area (Å²) in [5.74, 6) is 0. The Bertz CT molecular complexity index is 287. The fourth-order valence-corrected chi connectivity index (χ4v) is 3.71. The first-order chi connectivity index (χ1) is 7.37. The SMILES string of the molecule is OC1CCN(C23CC(C(F)(F)F)(C2)C3)CC1. The van der Waals surface area contributed by atoms with E-state index in [9.17, 15) is 18.3 Å². The van der Waals surface area contributed by atoms with Gasteiger partial charge in [-0.05, 0) is 32.1 Å². The van der Waals surface area contributed by atoms with Crippen LogP contribution in [0.4, 0.5) is 13.2 Å². The quantitative estimate of drug-likeness (QED) is 0.750. The Hall–Kier alpha value is -0.290. The van der Waals surface area contributed by atoms with Crippen molar-refractivity contribution in [1.29, 1.82) is 0 Å². The lowest BCUT2D eigenvalue weighted by Gasteiger charge is -2.74. The molecule has 2 bridgehead atoms. The van der Waals surface area contributed by atoms with E-state index in [1.807, 2.05) is 0 Å². The largest absolute Gasteiger partial charge is 0.394 e. The molecule has 0 spiro atoms. The van der Waals surface area contributed by atoms with Gasteiger partial charge in [-0.2, -0.15) is 13.2 Å². The molecule has 0 aromatic heterocycles. The summed E-state index contributed by atoms with van der Waals surface area (Å²) in [5.41, 5.74) is -1.50. The number of hydrogen-bond acceptors (Lipinski definition) is 2. The number of alkyl halides is 3. The maximum Gasteiger partial charge on any atom is 0.394 e. The van der Waals surface area contributed by atoms with Crippen molar-refractivity contribution in [2.45, 2.75) is 49.9 Å². The van der Waals surface area contributed by atoms with E-state index in [1.54, 1.807) is 0 Å². The van der Waals surface area contributed by atoms with Gasteiger partial charge in [0.2, 0.25) is 0 Å². The molecule has 0 radical (unpaired) electrons. The van der Waals surface area contributed by atoms with E-state index in [1.165, 1.54) is 0 Å². The van der Waals surface area contributed by atoms with Gasteiger partial charge < -0.3 is 5.11 Å². The summed E-state index contributed by atoms with van der Waals surface area (Å²) in [6, 6.07) is 0. The number of aliphatic hydroxyl groups excluding tert-OH is 1. The van der Waals surface area contributed by atoms with Crippen LogP contribution < -0.4 is 0 Å². The second-order valence-corrected chi connectivity index (χ2v) is 5.75. The van der Waals surface area contributed by atoms with Crippen LogP contribution in [-0.4, -0.2) is 40.9 Å². The van der Waals surface area contributed by atoms with Crippen LogP contribution in [0.3, 0.4) is 0 Å². The number of rotatable bonds is 1. The Morgan fingerprint density at radius 3 is 2.00 bits per heavy atom. The lowest BCUT2D eigenvalue weighted by molar-refractivity contribution is -0.363. The lowest BCUT2D eigenvalue weighted by Crippen LogP contribution is -2.79. The molecule has 0 amide bonds. The van der Waals surface area contributed by atoms with Crippen molar-refractivity contribution in [3.63, 3.8) is 0 Å². The first kappa shape index (κ1) is 10.8. The summed E-state index contributed by atoms with van der Waals surface area (Å²) in [5, 5.41) is 9.37. The van der Waals surface area contributed by atoms with E-state index in [2.05, 4.69) is 4.90 Å². The van der Waals surface area contributed by atoms with Crippen LogP contribution in [0.2, 0.25) is 0 Å². The third kappa shape index (κ3) is 1.21. The minimum atomic E-state index is -4.01. The lowest BCUT2D eigenvalue weighted by atomic mass is 9.38. The second-order valence-electron chi connectivity index (χ2n) is 5.75. The van der Waals surface area contributed by atoms with Crippen molar-refractivity contribution in [2.75, 3.05) is 13.1 Å². The van der Waals surface area contributed by atoms with E-state index in [0.29, 0.717) is 32.1 Å². The molecule has 4 rings (SSSR count). The van der Waals surface area contributed by atoms with Gasteiger partial charge in [0.25, 0.3) is 0 Å². The molecule has 5 heteroatoms. The van der Waals surface area contributed by atoms with Crippen LogP contribution in [0.1, 0.15) is 32.1 Å². The van der Waals surface area contributed by atoms with Crippen molar-refractivity contribution < 1.29 is 18.3 Å². The van der Waals surface area contributed by atoms with Gasteiger partial charge in [0.05, 0.1) is 11.5 Å². The van der Waals surface area contributed by atoms with E-state index >= 15 is 0 Å². The molecule has 0 unspecified atom stereocenters. The predicted molar refractivity (Wildman–Crippen MR) is 51.9 cm³/mol.